The first-order valence-electron chi connectivity index (χ1n) is 14.4. The molecule has 4 rings (SSSR count). The first-order chi connectivity index (χ1) is 22.6. The highest BCUT2D eigenvalue weighted by molar-refractivity contribution is 7.66. The van der Waals surface area contributed by atoms with Crippen molar-refractivity contribution in [3.63, 3.8) is 0 Å². The molecule has 0 radical (unpaired) electrons. The molecule has 1 amide bonds. The van der Waals surface area contributed by atoms with Crippen molar-refractivity contribution in [1.29, 1.82) is 0 Å². The van der Waals surface area contributed by atoms with Crippen molar-refractivity contribution in [2.24, 2.45) is 0 Å². The molecule has 9 N–H and O–H groups in total. The van der Waals surface area contributed by atoms with Gasteiger partial charge in [-0.05, 0) is 25.0 Å². The smallest absolute Gasteiger partial charge is 0.387 e. The average molecular weight is 740 g/mol. The molecule has 1 aromatic carbocycles. The minimum Gasteiger partial charge on any atom is -0.387 e. The summed E-state index contributed by atoms with van der Waals surface area (Å²) in [6.07, 6.45) is -0.237. The molecule has 0 spiro atoms. The Morgan fingerprint density at radius 3 is 2.35 bits per heavy atom. The van der Waals surface area contributed by atoms with E-state index in [9.17, 15) is 38.5 Å². The van der Waals surface area contributed by atoms with Crippen LogP contribution in [-0.4, -0.2) is 100 Å². The number of fused-ring (bicyclic) bond motifs is 1. The second kappa shape index (κ2) is 16.2. The summed E-state index contributed by atoms with van der Waals surface area (Å²) < 4.78 is 53.0. The number of ether oxygens (including phenoxy) is 1. The monoisotopic (exact) mass is 739 g/mol. The topological polar surface area (TPSA) is 306 Å². The molecule has 48 heavy (non-hydrogen) atoms. The van der Waals surface area contributed by atoms with Crippen LogP contribution in [0.4, 0.5) is 11.5 Å². The van der Waals surface area contributed by atoms with Crippen molar-refractivity contribution in [1.82, 2.24) is 24.8 Å². The minimum absolute atomic E-state index is 0.141. The number of aliphatic hydroxyl groups is 2. The summed E-state index contributed by atoms with van der Waals surface area (Å²) in [6, 6.07) is 7.25. The van der Waals surface area contributed by atoms with Gasteiger partial charge >= 0.3 is 23.5 Å². The number of phosphoric ester groups is 1. The van der Waals surface area contributed by atoms with Crippen LogP contribution in [0.3, 0.4) is 0 Å². The van der Waals surface area contributed by atoms with Gasteiger partial charge in [0.05, 0.1) is 18.5 Å². The molecule has 1 aliphatic heterocycles. The highest BCUT2D eigenvalue weighted by atomic mass is 31.3. The maximum Gasteiger partial charge on any atom is 0.490 e. The van der Waals surface area contributed by atoms with Gasteiger partial charge in [-0.3, -0.25) is 13.9 Å². The maximum atomic E-state index is 12.4. The van der Waals surface area contributed by atoms with Crippen molar-refractivity contribution < 1.29 is 66.2 Å². The molecule has 1 aliphatic rings. The van der Waals surface area contributed by atoms with Crippen LogP contribution >= 0.6 is 23.5 Å². The fourth-order valence-corrected chi connectivity index (χ4v) is 7.77. The Bertz CT molecular complexity index is 1710. The molecule has 21 nitrogen and oxygen atoms in total. The van der Waals surface area contributed by atoms with E-state index in [0.29, 0.717) is 30.0 Å². The number of carbonyl (C=O) groups excluding carboxylic acids is 1. The number of benzene rings is 1. The number of aliphatic hydroxyl groups excluding tert-OH is 2. The van der Waals surface area contributed by atoms with Crippen LogP contribution in [0.15, 0.2) is 36.9 Å². The van der Waals surface area contributed by atoms with Crippen LogP contribution in [0.2, 0.25) is 0 Å². The van der Waals surface area contributed by atoms with Crippen molar-refractivity contribution >= 4 is 52.0 Å². The molecule has 2 aromatic heterocycles. The second-order valence-electron chi connectivity index (χ2n) is 10.4. The lowest BCUT2D eigenvalue weighted by Gasteiger charge is -2.19. The number of imidazole rings is 1. The van der Waals surface area contributed by atoms with Gasteiger partial charge in [0, 0.05) is 25.8 Å². The third kappa shape index (κ3) is 10.3. The van der Waals surface area contributed by atoms with Crippen molar-refractivity contribution in [3.8, 4) is 0 Å². The van der Waals surface area contributed by atoms with Gasteiger partial charge in [-0.2, -0.15) is 8.62 Å². The minimum atomic E-state index is -5.74. The highest BCUT2D eigenvalue weighted by Gasteiger charge is 2.47. The van der Waals surface area contributed by atoms with Crippen molar-refractivity contribution in [3.05, 3.63) is 42.5 Å². The summed E-state index contributed by atoms with van der Waals surface area (Å²) >= 11 is 0. The average Bonchev–Trinajstić information content (AvgIpc) is 3.56. The molecule has 1 saturated heterocycles. The number of hydrogen-bond acceptors (Lipinski definition) is 15. The van der Waals surface area contributed by atoms with E-state index in [1.165, 1.54) is 17.2 Å². The standard InChI is InChI=1S/C24H36N7O14P3/c1-25-16-9-5-4-8-15(16)23(34)27-11-7-3-2-6-10-26-21-18-22(29-13-28-21)31(14-30-18)24-20(33)19(32)17(43-24)12-42-47(38,39)45-48(40,41)44-46(35,36)37/h4-5,8-9,13-14,17,19-20,24-25,32-33H,2-3,6-7,10-12H2,1H3,(H,27,34)(H,38,39)(H,40,41)(H,26,28,29)(H2,35,36,37)/t17-,19-,20-,24-/m1/s1. The molecule has 0 aliphatic carbocycles. The lowest BCUT2D eigenvalue weighted by Crippen LogP contribution is -2.33. The Hall–Kier alpha value is -2.87. The van der Waals surface area contributed by atoms with Gasteiger partial charge in [-0.25, -0.2) is 28.6 Å². The molecule has 266 valence electrons. The first kappa shape index (κ1) is 37.9. The summed E-state index contributed by atoms with van der Waals surface area (Å²) in [5, 5.41) is 30.2. The number of carbonyl (C=O) groups is 1. The van der Waals surface area contributed by atoms with Crippen molar-refractivity contribution in [2.75, 3.05) is 37.4 Å². The number of anilines is 2. The number of nitrogens with zero attached hydrogens (tertiary/aromatic N) is 4. The summed E-state index contributed by atoms with van der Waals surface area (Å²) in [5.41, 5.74) is 1.88. The quantitative estimate of drug-likeness (QED) is 0.0654. The number of amides is 1. The number of hydrogen-bond donors (Lipinski definition) is 9. The number of phosphoric acid groups is 3. The predicted molar refractivity (Wildman–Crippen MR) is 166 cm³/mol. The number of aromatic nitrogens is 4. The van der Waals surface area contributed by atoms with E-state index in [4.69, 9.17) is 14.5 Å². The zero-order valence-corrected chi connectivity index (χ0v) is 28.0. The number of unbranched alkanes of at least 4 members (excludes halogenated alkanes) is 3. The maximum absolute atomic E-state index is 12.4. The third-order valence-electron chi connectivity index (χ3n) is 6.91. The molecule has 2 unspecified atom stereocenters. The van der Waals surface area contributed by atoms with Gasteiger partial charge in [0.2, 0.25) is 0 Å². The van der Waals surface area contributed by atoms with Crippen molar-refractivity contribution in [2.45, 2.75) is 50.2 Å². The first-order valence-corrected chi connectivity index (χ1v) is 18.9. The van der Waals surface area contributed by atoms with Crippen LogP contribution in [0, 0.1) is 0 Å². The van der Waals surface area contributed by atoms with E-state index in [2.05, 4.69) is 44.0 Å². The Morgan fingerprint density at radius 1 is 0.938 bits per heavy atom. The Morgan fingerprint density at radius 2 is 1.65 bits per heavy atom. The molecule has 3 aromatic rings. The summed E-state index contributed by atoms with van der Waals surface area (Å²) in [7, 11) is -15.0. The van der Waals surface area contributed by atoms with Crippen LogP contribution in [0.25, 0.3) is 11.2 Å². The number of nitrogens with one attached hydrogen (secondary N) is 3. The fourth-order valence-electron chi connectivity index (χ4n) is 4.74. The zero-order chi connectivity index (χ0) is 35.1. The summed E-state index contributed by atoms with van der Waals surface area (Å²) in [6.45, 7) is 0.117. The van der Waals surface area contributed by atoms with Gasteiger partial charge < -0.3 is 50.5 Å². The number of rotatable bonds is 18. The van der Waals surface area contributed by atoms with E-state index in [1.807, 2.05) is 12.1 Å². The lowest BCUT2D eigenvalue weighted by atomic mass is 10.1. The molecule has 1 fully saturated rings. The number of para-hydroxylation sites is 1. The van der Waals surface area contributed by atoms with Gasteiger partial charge in [-0.1, -0.05) is 25.0 Å². The largest absolute Gasteiger partial charge is 0.490 e. The van der Waals surface area contributed by atoms with Gasteiger partial charge in [0.15, 0.2) is 23.2 Å². The molecular weight excluding hydrogens is 703 g/mol. The van der Waals surface area contributed by atoms with Gasteiger partial charge in [0.25, 0.3) is 5.91 Å². The van der Waals surface area contributed by atoms with Crippen LogP contribution < -0.4 is 16.0 Å². The predicted octanol–water partition coefficient (Wildman–Crippen LogP) is 1.23. The van der Waals surface area contributed by atoms with E-state index in [0.717, 1.165) is 31.4 Å². The molecule has 0 bridgehead atoms. The normalized spacial score (nSPS) is 22.2. The highest BCUT2D eigenvalue weighted by Crippen LogP contribution is 2.66. The second-order valence-corrected chi connectivity index (χ2v) is 14.8. The molecule has 6 atom stereocenters. The zero-order valence-electron chi connectivity index (χ0n) is 25.3. The Kier molecular flexibility index (Phi) is 12.8. The van der Waals surface area contributed by atoms with Crippen LogP contribution in [0.1, 0.15) is 42.3 Å². The van der Waals surface area contributed by atoms with Gasteiger partial charge in [-0.15, -0.1) is 0 Å². The van der Waals surface area contributed by atoms with E-state index in [1.54, 1.807) is 19.2 Å². The lowest BCUT2D eigenvalue weighted by molar-refractivity contribution is -0.0503. The van der Waals surface area contributed by atoms with E-state index >= 15 is 0 Å². The Balaban J connectivity index is 1.25. The molecule has 3 heterocycles. The van der Waals surface area contributed by atoms with Gasteiger partial charge in [0.1, 0.15) is 24.6 Å². The third-order valence-corrected chi connectivity index (χ3v) is 10.7. The van der Waals surface area contributed by atoms with Crippen LogP contribution in [0.5, 0.6) is 0 Å². The SMILES string of the molecule is CNc1ccccc1C(=O)NCCCCCCNc1ncnc2c1ncn2[C@@H]1O[C@H](COP(=O)(O)OP(=O)(O)OP(=O)(O)O)[C@@H](O)[C@H]1O. The summed E-state index contributed by atoms with van der Waals surface area (Å²) in [5.74, 6) is 0.254. The van der Waals surface area contributed by atoms with E-state index in [-0.39, 0.29) is 11.6 Å². The Labute approximate surface area is 273 Å². The van der Waals surface area contributed by atoms with Crippen LogP contribution in [-0.2, 0) is 31.6 Å². The molecule has 0 saturated carbocycles. The molecule has 24 heteroatoms. The molecular formula is C24H36N7O14P3. The van der Waals surface area contributed by atoms with E-state index < -0.39 is 54.6 Å². The summed E-state index contributed by atoms with van der Waals surface area (Å²) in [4.78, 5) is 61.3. The fraction of sp³-hybridized carbons (Fsp3) is 0.500.